The summed E-state index contributed by atoms with van der Waals surface area (Å²) in [4.78, 5) is 48.4. The molecule has 1 fully saturated rings. The van der Waals surface area contributed by atoms with E-state index in [2.05, 4.69) is 5.32 Å². The highest BCUT2D eigenvalue weighted by Gasteiger charge is 2.36. The molecule has 10 heteroatoms. The Bertz CT molecular complexity index is 939. The minimum absolute atomic E-state index is 0.00950. The van der Waals surface area contributed by atoms with Crippen LogP contribution in [0.3, 0.4) is 0 Å². The van der Waals surface area contributed by atoms with Crippen molar-refractivity contribution >= 4 is 29.2 Å². The van der Waals surface area contributed by atoms with Gasteiger partial charge in [-0.15, -0.1) is 0 Å². The fourth-order valence-corrected chi connectivity index (χ4v) is 3.07. The van der Waals surface area contributed by atoms with Gasteiger partial charge in [0.15, 0.2) is 6.61 Å². The normalized spacial score (nSPS) is 16.0. The summed E-state index contributed by atoms with van der Waals surface area (Å²) in [7, 11) is 0. The van der Waals surface area contributed by atoms with E-state index in [4.69, 9.17) is 9.15 Å². The number of benzene rings is 1. The number of anilines is 1. The van der Waals surface area contributed by atoms with Gasteiger partial charge in [0, 0.05) is 19.0 Å². The maximum atomic E-state index is 12.2. The SMILES string of the molecule is Cc1cccc([N+](=O)[O-])c1NC(=O)COC(=O)[C@@H]1CC(=O)N(Cc2ccco2)C1. The molecule has 0 saturated carbocycles. The van der Waals surface area contributed by atoms with Gasteiger partial charge >= 0.3 is 5.97 Å². The topological polar surface area (TPSA) is 132 Å². The molecule has 1 saturated heterocycles. The molecule has 2 heterocycles. The summed E-state index contributed by atoms with van der Waals surface area (Å²) in [5.74, 6) is -1.66. The molecular formula is C19H19N3O7. The molecule has 1 aliphatic heterocycles. The van der Waals surface area contributed by atoms with Crippen molar-refractivity contribution in [3.05, 3.63) is 58.0 Å². The lowest BCUT2D eigenvalue weighted by molar-refractivity contribution is -0.384. The maximum absolute atomic E-state index is 12.2. The van der Waals surface area contributed by atoms with Crippen molar-refractivity contribution in [3.8, 4) is 0 Å². The van der Waals surface area contributed by atoms with Gasteiger partial charge < -0.3 is 19.4 Å². The first-order chi connectivity index (χ1) is 13.8. The number of amides is 2. The van der Waals surface area contributed by atoms with E-state index in [1.807, 2.05) is 0 Å². The molecule has 3 rings (SSSR count). The Morgan fingerprint density at radius 2 is 2.14 bits per heavy atom. The van der Waals surface area contributed by atoms with Crippen LogP contribution in [-0.2, 0) is 25.7 Å². The highest BCUT2D eigenvalue weighted by Crippen LogP contribution is 2.27. The number of nitrogens with zero attached hydrogens (tertiary/aromatic N) is 2. The Morgan fingerprint density at radius 1 is 1.34 bits per heavy atom. The molecule has 1 atom stereocenters. The molecule has 1 N–H and O–H groups in total. The fourth-order valence-electron chi connectivity index (χ4n) is 3.07. The molecule has 0 unspecified atom stereocenters. The lowest BCUT2D eigenvalue weighted by atomic mass is 10.1. The molecule has 10 nitrogen and oxygen atoms in total. The molecule has 2 amide bonds. The van der Waals surface area contributed by atoms with E-state index in [0.717, 1.165) is 0 Å². The number of nitro groups is 1. The number of hydrogen-bond acceptors (Lipinski definition) is 7. The first-order valence-electron chi connectivity index (χ1n) is 8.86. The van der Waals surface area contributed by atoms with E-state index in [-0.39, 0.29) is 36.8 Å². The average molecular weight is 401 g/mol. The third-order valence-corrected chi connectivity index (χ3v) is 4.53. The Morgan fingerprint density at radius 3 is 2.83 bits per heavy atom. The van der Waals surface area contributed by atoms with Gasteiger partial charge in [0.1, 0.15) is 11.4 Å². The van der Waals surface area contributed by atoms with E-state index in [9.17, 15) is 24.5 Å². The minimum atomic E-state index is -0.701. The highest BCUT2D eigenvalue weighted by atomic mass is 16.6. The second kappa shape index (κ2) is 8.55. The van der Waals surface area contributed by atoms with Crippen LogP contribution < -0.4 is 5.32 Å². The maximum Gasteiger partial charge on any atom is 0.311 e. The number of carbonyl (C=O) groups is 3. The van der Waals surface area contributed by atoms with Crippen LogP contribution in [0.15, 0.2) is 41.0 Å². The van der Waals surface area contributed by atoms with E-state index in [1.165, 1.54) is 23.3 Å². The summed E-state index contributed by atoms with van der Waals surface area (Å²) in [6.07, 6.45) is 1.49. The summed E-state index contributed by atoms with van der Waals surface area (Å²) < 4.78 is 10.2. The number of furan rings is 1. The van der Waals surface area contributed by atoms with Crippen molar-refractivity contribution in [2.24, 2.45) is 5.92 Å². The lowest BCUT2D eigenvalue weighted by Crippen LogP contribution is -2.28. The Hall–Kier alpha value is -3.69. The number of ether oxygens (including phenoxy) is 1. The molecule has 2 aromatic rings. The van der Waals surface area contributed by atoms with Crippen molar-refractivity contribution in [1.82, 2.24) is 4.90 Å². The number of carbonyl (C=O) groups excluding carboxylic acids is 3. The summed E-state index contributed by atoms with van der Waals surface area (Å²) in [5.41, 5.74) is 0.313. The van der Waals surface area contributed by atoms with Crippen molar-refractivity contribution in [2.45, 2.75) is 19.9 Å². The van der Waals surface area contributed by atoms with Gasteiger partial charge in [0.05, 0.1) is 23.6 Å². The van der Waals surface area contributed by atoms with Gasteiger partial charge in [0.2, 0.25) is 5.91 Å². The molecule has 0 aliphatic carbocycles. The molecule has 1 aromatic heterocycles. The van der Waals surface area contributed by atoms with Crippen LogP contribution in [0, 0.1) is 23.0 Å². The van der Waals surface area contributed by atoms with Crippen molar-refractivity contribution < 1.29 is 28.5 Å². The number of likely N-dealkylation sites (tertiary alicyclic amines) is 1. The van der Waals surface area contributed by atoms with Crippen LogP contribution >= 0.6 is 0 Å². The lowest BCUT2D eigenvalue weighted by Gasteiger charge is -2.14. The van der Waals surface area contributed by atoms with Crippen molar-refractivity contribution in [1.29, 1.82) is 0 Å². The van der Waals surface area contributed by atoms with Crippen LogP contribution in [-0.4, -0.2) is 40.8 Å². The smallest absolute Gasteiger partial charge is 0.311 e. The first-order valence-corrected chi connectivity index (χ1v) is 8.86. The van der Waals surface area contributed by atoms with E-state index >= 15 is 0 Å². The monoisotopic (exact) mass is 401 g/mol. The number of nitrogens with one attached hydrogen (secondary N) is 1. The molecule has 0 bridgehead atoms. The highest BCUT2D eigenvalue weighted by molar-refractivity contribution is 5.96. The number of nitro benzene ring substituents is 1. The third kappa shape index (κ3) is 4.78. The van der Waals surface area contributed by atoms with Crippen molar-refractivity contribution in [3.63, 3.8) is 0 Å². The predicted octanol–water partition coefficient (Wildman–Crippen LogP) is 2.03. The minimum Gasteiger partial charge on any atom is -0.467 e. The Labute approximate surface area is 165 Å². The molecular weight excluding hydrogens is 382 g/mol. The second-order valence-corrected chi connectivity index (χ2v) is 6.64. The Balaban J connectivity index is 1.53. The molecule has 0 radical (unpaired) electrons. The van der Waals surface area contributed by atoms with E-state index < -0.39 is 29.3 Å². The number of hydrogen-bond donors (Lipinski definition) is 1. The summed E-state index contributed by atoms with van der Waals surface area (Å²) in [5, 5.41) is 13.5. The fraction of sp³-hybridized carbons (Fsp3) is 0.316. The van der Waals surface area contributed by atoms with E-state index in [1.54, 1.807) is 25.1 Å². The van der Waals surface area contributed by atoms with Gasteiger partial charge in [-0.05, 0) is 24.6 Å². The van der Waals surface area contributed by atoms with Crippen LogP contribution in [0.5, 0.6) is 0 Å². The van der Waals surface area contributed by atoms with E-state index in [0.29, 0.717) is 11.3 Å². The summed E-state index contributed by atoms with van der Waals surface area (Å²) in [6, 6.07) is 7.83. The average Bonchev–Trinajstić information content (AvgIpc) is 3.31. The molecule has 152 valence electrons. The number of para-hydroxylation sites is 1. The quantitative estimate of drug-likeness (QED) is 0.426. The molecule has 29 heavy (non-hydrogen) atoms. The van der Waals surface area contributed by atoms with Gasteiger partial charge in [-0.2, -0.15) is 0 Å². The molecule has 1 aromatic carbocycles. The van der Waals surface area contributed by atoms with Gasteiger partial charge in [-0.1, -0.05) is 12.1 Å². The van der Waals surface area contributed by atoms with Crippen LogP contribution in [0.2, 0.25) is 0 Å². The number of aryl methyl sites for hydroxylation is 1. The first kappa shape index (κ1) is 20.1. The second-order valence-electron chi connectivity index (χ2n) is 6.64. The summed E-state index contributed by atoms with van der Waals surface area (Å²) >= 11 is 0. The predicted molar refractivity (Wildman–Crippen MR) is 99.7 cm³/mol. The third-order valence-electron chi connectivity index (χ3n) is 4.53. The van der Waals surface area contributed by atoms with Gasteiger partial charge in [-0.3, -0.25) is 24.5 Å². The zero-order valence-electron chi connectivity index (χ0n) is 15.6. The standard InChI is InChI=1S/C19H19N3O7/c1-12-4-2-6-15(22(26)27)18(12)20-16(23)11-29-19(25)13-8-17(24)21(9-13)10-14-5-3-7-28-14/h2-7,13H,8-11H2,1H3,(H,20,23)/t13-/m1/s1. The zero-order chi connectivity index (χ0) is 21.0. The summed E-state index contributed by atoms with van der Waals surface area (Å²) in [6.45, 7) is 1.44. The van der Waals surface area contributed by atoms with Crippen LogP contribution in [0.4, 0.5) is 11.4 Å². The van der Waals surface area contributed by atoms with Crippen LogP contribution in [0.25, 0.3) is 0 Å². The molecule has 0 spiro atoms. The van der Waals surface area contributed by atoms with Crippen LogP contribution in [0.1, 0.15) is 17.7 Å². The number of rotatable bonds is 7. The molecule has 1 aliphatic rings. The zero-order valence-corrected chi connectivity index (χ0v) is 15.6. The largest absolute Gasteiger partial charge is 0.467 e. The van der Waals surface area contributed by atoms with Gasteiger partial charge in [-0.25, -0.2) is 0 Å². The Kier molecular flexibility index (Phi) is 5.91. The van der Waals surface area contributed by atoms with Crippen molar-refractivity contribution in [2.75, 3.05) is 18.5 Å². The van der Waals surface area contributed by atoms with Gasteiger partial charge in [0.25, 0.3) is 11.6 Å². The number of esters is 1.